The molecule has 70 valence electrons. The molecular weight excluding hydrogens is 234 g/mol. The Labute approximate surface area is 84.9 Å². The summed E-state index contributed by atoms with van der Waals surface area (Å²) in [6.07, 6.45) is 2.34. The molecule has 0 aliphatic heterocycles. The second-order valence-electron chi connectivity index (χ2n) is 2.72. The summed E-state index contributed by atoms with van der Waals surface area (Å²) < 4.78 is 0.873. The lowest BCUT2D eigenvalue weighted by Crippen LogP contribution is -2.06. The van der Waals surface area contributed by atoms with Gasteiger partial charge in [-0.05, 0) is 40.4 Å². The van der Waals surface area contributed by atoms with E-state index < -0.39 is 5.97 Å². The summed E-state index contributed by atoms with van der Waals surface area (Å²) in [5, 5.41) is 8.80. The van der Waals surface area contributed by atoms with Crippen LogP contribution in [-0.2, 0) is 6.42 Å². The summed E-state index contributed by atoms with van der Waals surface area (Å²) in [6.45, 7) is 3.76. The van der Waals surface area contributed by atoms with E-state index in [1.807, 2.05) is 6.92 Å². The van der Waals surface area contributed by atoms with Crippen LogP contribution in [0.4, 0.5) is 0 Å². The van der Waals surface area contributed by atoms with Crippen LogP contribution in [0.15, 0.2) is 10.7 Å². The van der Waals surface area contributed by atoms with Gasteiger partial charge in [-0.3, -0.25) is 0 Å². The minimum atomic E-state index is -0.972. The zero-order valence-electron chi connectivity index (χ0n) is 7.47. The summed E-state index contributed by atoms with van der Waals surface area (Å²) in [5.41, 5.74) is 1.89. The Balaban J connectivity index is 3.35. The molecule has 0 radical (unpaired) electrons. The quantitative estimate of drug-likeness (QED) is 0.868. The van der Waals surface area contributed by atoms with E-state index in [0.717, 1.165) is 22.0 Å². The molecule has 1 rings (SSSR count). The van der Waals surface area contributed by atoms with Gasteiger partial charge in [0.2, 0.25) is 0 Å². The highest BCUT2D eigenvalue weighted by Gasteiger charge is 2.13. The standard InChI is InChI=1S/C9H10BrNO2/c1-3-6-5(2)8(9(12)13)11-4-7(6)10/h4H,3H2,1-2H3,(H,12,13). The van der Waals surface area contributed by atoms with Crippen molar-refractivity contribution in [3.63, 3.8) is 0 Å². The Kier molecular flexibility index (Phi) is 3.03. The summed E-state index contributed by atoms with van der Waals surface area (Å²) in [5.74, 6) is -0.972. The Bertz CT molecular complexity index is 350. The van der Waals surface area contributed by atoms with Crippen LogP contribution in [0.5, 0.6) is 0 Å². The van der Waals surface area contributed by atoms with E-state index in [9.17, 15) is 4.79 Å². The van der Waals surface area contributed by atoms with Crippen molar-refractivity contribution in [3.8, 4) is 0 Å². The fraction of sp³-hybridized carbons (Fsp3) is 0.333. The van der Waals surface area contributed by atoms with E-state index in [4.69, 9.17) is 5.11 Å². The highest BCUT2D eigenvalue weighted by atomic mass is 79.9. The summed E-state index contributed by atoms with van der Waals surface area (Å²) >= 11 is 3.34. The monoisotopic (exact) mass is 243 g/mol. The molecule has 0 saturated heterocycles. The van der Waals surface area contributed by atoms with E-state index in [0.29, 0.717) is 0 Å². The zero-order valence-corrected chi connectivity index (χ0v) is 9.05. The van der Waals surface area contributed by atoms with Gasteiger partial charge in [0.15, 0.2) is 5.69 Å². The summed E-state index contributed by atoms with van der Waals surface area (Å²) in [4.78, 5) is 14.6. The Morgan fingerprint density at radius 3 is 2.77 bits per heavy atom. The first-order valence-electron chi connectivity index (χ1n) is 3.95. The third kappa shape index (κ3) is 1.88. The van der Waals surface area contributed by atoms with Crippen molar-refractivity contribution in [2.75, 3.05) is 0 Å². The normalized spacial score (nSPS) is 10.1. The molecule has 1 N–H and O–H groups in total. The zero-order chi connectivity index (χ0) is 10.0. The van der Waals surface area contributed by atoms with Gasteiger partial charge in [0.25, 0.3) is 0 Å². The van der Waals surface area contributed by atoms with Crippen LogP contribution in [0, 0.1) is 6.92 Å². The Morgan fingerprint density at radius 1 is 1.69 bits per heavy atom. The largest absolute Gasteiger partial charge is 0.477 e. The highest BCUT2D eigenvalue weighted by Crippen LogP contribution is 2.21. The van der Waals surface area contributed by atoms with Gasteiger partial charge >= 0.3 is 5.97 Å². The Morgan fingerprint density at radius 2 is 2.31 bits per heavy atom. The maximum Gasteiger partial charge on any atom is 0.354 e. The van der Waals surface area contributed by atoms with Gasteiger partial charge in [-0.15, -0.1) is 0 Å². The fourth-order valence-corrected chi connectivity index (χ4v) is 1.95. The number of nitrogens with zero attached hydrogens (tertiary/aromatic N) is 1. The fourth-order valence-electron chi connectivity index (χ4n) is 1.27. The first-order valence-corrected chi connectivity index (χ1v) is 4.74. The molecule has 0 fully saturated rings. The van der Waals surface area contributed by atoms with Gasteiger partial charge < -0.3 is 5.11 Å². The number of carbonyl (C=O) groups is 1. The number of aromatic nitrogens is 1. The van der Waals surface area contributed by atoms with Gasteiger partial charge in [-0.2, -0.15) is 0 Å². The van der Waals surface area contributed by atoms with Crippen LogP contribution in [0.25, 0.3) is 0 Å². The SMILES string of the molecule is CCc1c(Br)cnc(C(=O)O)c1C. The smallest absolute Gasteiger partial charge is 0.354 e. The molecule has 0 saturated carbocycles. The first-order chi connectivity index (χ1) is 6.07. The minimum Gasteiger partial charge on any atom is -0.477 e. The van der Waals surface area contributed by atoms with E-state index in [-0.39, 0.29) is 5.69 Å². The number of carboxylic acid groups (broad SMARTS) is 1. The average molecular weight is 244 g/mol. The van der Waals surface area contributed by atoms with E-state index in [1.165, 1.54) is 6.20 Å². The third-order valence-electron chi connectivity index (χ3n) is 1.96. The Hall–Kier alpha value is -0.900. The van der Waals surface area contributed by atoms with Gasteiger partial charge in [0, 0.05) is 10.7 Å². The number of rotatable bonds is 2. The van der Waals surface area contributed by atoms with Crippen LogP contribution >= 0.6 is 15.9 Å². The van der Waals surface area contributed by atoms with Gasteiger partial charge in [0.05, 0.1) is 0 Å². The van der Waals surface area contributed by atoms with E-state index in [2.05, 4.69) is 20.9 Å². The number of pyridine rings is 1. The molecule has 1 heterocycles. The van der Waals surface area contributed by atoms with Gasteiger partial charge in [-0.1, -0.05) is 6.92 Å². The van der Waals surface area contributed by atoms with Crippen LogP contribution in [0.1, 0.15) is 28.5 Å². The molecule has 0 aromatic carbocycles. The lowest BCUT2D eigenvalue weighted by atomic mass is 10.1. The molecule has 0 aliphatic rings. The number of hydrogen-bond donors (Lipinski definition) is 1. The van der Waals surface area contributed by atoms with Crippen LogP contribution < -0.4 is 0 Å². The lowest BCUT2D eigenvalue weighted by molar-refractivity contribution is 0.0689. The molecule has 0 amide bonds. The molecule has 3 nitrogen and oxygen atoms in total. The molecule has 1 aromatic heterocycles. The number of halogens is 1. The molecule has 0 aliphatic carbocycles. The lowest BCUT2D eigenvalue weighted by Gasteiger charge is -2.07. The van der Waals surface area contributed by atoms with Crippen molar-refractivity contribution in [1.82, 2.24) is 4.98 Å². The highest BCUT2D eigenvalue weighted by molar-refractivity contribution is 9.10. The van der Waals surface area contributed by atoms with Crippen molar-refractivity contribution >= 4 is 21.9 Å². The van der Waals surface area contributed by atoms with Gasteiger partial charge in [0.1, 0.15) is 0 Å². The second kappa shape index (κ2) is 3.87. The number of carboxylic acids is 1. The van der Waals surface area contributed by atoms with Gasteiger partial charge in [-0.25, -0.2) is 9.78 Å². The molecule has 4 heteroatoms. The maximum atomic E-state index is 10.7. The predicted octanol–water partition coefficient (Wildman–Crippen LogP) is 2.41. The molecule has 0 bridgehead atoms. The molecular formula is C9H10BrNO2. The molecule has 0 spiro atoms. The molecule has 1 aromatic rings. The van der Waals surface area contributed by atoms with Crippen LogP contribution in [0.2, 0.25) is 0 Å². The number of aromatic carboxylic acids is 1. The van der Waals surface area contributed by atoms with Crippen molar-refractivity contribution in [2.24, 2.45) is 0 Å². The van der Waals surface area contributed by atoms with Crippen molar-refractivity contribution < 1.29 is 9.90 Å². The average Bonchev–Trinajstić information content (AvgIpc) is 2.04. The number of hydrogen-bond acceptors (Lipinski definition) is 2. The molecule has 13 heavy (non-hydrogen) atoms. The topological polar surface area (TPSA) is 50.2 Å². The molecule has 0 atom stereocenters. The maximum absolute atomic E-state index is 10.7. The van der Waals surface area contributed by atoms with Crippen molar-refractivity contribution in [1.29, 1.82) is 0 Å². The first kappa shape index (κ1) is 10.2. The van der Waals surface area contributed by atoms with Crippen LogP contribution in [-0.4, -0.2) is 16.1 Å². The van der Waals surface area contributed by atoms with Crippen molar-refractivity contribution in [3.05, 3.63) is 27.5 Å². The summed E-state index contributed by atoms with van der Waals surface area (Å²) in [7, 11) is 0. The summed E-state index contributed by atoms with van der Waals surface area (Å²) in [6, 6.07) is 0. The van der Waals surface area contributed by atoms with Crippen molar-refractivity contribution in [2.45, 2.75) is 20.3 Å². The van der Waals surface area contributed by atoms with E-state index >= 15 is 0 Å². The second-order valence-corrected chi connectivity index (χ2v) is 3.57. The van der Waals surface area contributed by atoms with Crippen LogP contribution in [0.3, 0.4) is 0 Å². The molecule has 0 unspecified atom stereocenters. The predicted molar refractivity (Wildman–Crippen MR) is 53.0 cm³/mol. The third-order valence-corrected chi connectivity index (χ3v) is 2.64. The van der Waals surface area contributed by atoms with E-state index in [1.54, 1.807) is 6.92 Å². The minimum absolute atomic E-state index is 0.139.